The molecule has 5 heteroatoms. The second-order valence-corrected chi connectivity index (χ2v) is 6.50. The quantitative estimate of drug-likeness (QED) is 0.764. The normalized spacial score (nSPS) is 20.3. The molecule has 5 nitrogen and oxygen atoms in total. The Morgan fingerprint density at radius 1 is 1.08 bits per heavy atom. The summed E-state index contributed by atoms with van der Waals surface area (Å²) in [5.41, 5.74) is 1.60. The standard InChI is InChI=1S/C20H21N3O2/c24-20(18-13-14-5-1-2-6-17(14)23-18)22-15-8-10-16(11-9-15)25-19-7-3-4-12-21-19/h1-7,12-13,15-16,23H,8-11H2,(H,22,24). The highest BCUT2D eigenvalue weighted by atomic mass is 16.5. The molecule has 1 fully saturated rings. The molecule has 0 bridgehead atoms. The van der Waals surface area contributed by atoms with Crippen molar-refractivity contribution in [3.63, 3.8) is 0 Å². The molecule has 1 amide bonds. The Morgan fingerprint density at radius 3 is 2.64 bits per heavy atom. The van der Waals surface area contributed by atoms with Crippen molar-refractivity contribution in [2.45, 2.75) is 37.8 Å². The van der Waals surface area contributed by atoms with Gasteiger partial charge in [0.25, 0.3) is 5.91 Å². The molecule has 4 rings (SSSR count). The van der Waals surface area contributed by atoms with Gasteiger partial charge >= 0.3 is 0 Å². The second kappa shape index (κ2) is 6.97. The summed E-state index contributed by atoms with van der Waals surface area (Å²) in [5.74, 6) is 0.637. The fourth-order valence-electron chi connectivity index (χ4n) is 3.37. The van der Waals surface area contributed by atoms with Crippen molar-refractivity contribution in [1.29, 1.82) is 0 Å². The van der Waals surface area contributed by atoms with Crippen molar-refractivity contribution in [2.75, 3.05) is 0 Å². The van der Waals surface area contributed by atoms with Gasteiger partial charge in [0, 0.05) is 29.2 Å². The van der Waals surface area contributed by atoms with E-state index in [2.05, 4.69) is 15.3 Å². The predicted octanol–water partition coefficient (Wildman–Crippen LogP) is 3.68. The van der Waals surface area contributed by atoms with Crippen LogP contribution in [0.15, 0.2) is 54.7 Å². The molecule has 2 aromatic heterocycles. The van der Waals surface area contributed by atoms with Gasteiger partial charge < -0.3 is 15.0 Å². The lowest BCUT2D eigenvalue weighted by atomic mass is 9.93. The molecule has 1 aliphatic carbocycles. The summed E-state index contributed by atoms with van der Waals surface area (Å²) in [6.45, 7) is 0. The molecule has 128 valence electrons. The smallest absolute Gasteiger partial charge is 0.267 e. The minimum atomic E-state index is -0.0368. The predicted molar refractivity (Wildman–Crippen MR) is 96.7 cm³/mol. The number of amides is 1. The number of hydrogen-bond donors (Lipinski definition) is 2. The number of nitrogens with zero attached hydrogens (tertiary/aromatic N) is 1. The average molecular weight is 335 g/mol. The summed E-state index contributed by atoms with van der Waals surface area (Å²) >= 11 is 0. The van der Waals surface area contributed by atoms with Crippen LogP contribution in [0.1, 0.15) is 36.2 Å². The number of rotatable bonds is 4. The number of carbonyl (C=O) groups excluding carboxylic acids is 1. The summed E-state index contributed by atoms with van der Waals surface area (Å²) in [6, 6.07) is 15.7. The SMILES string of the molecule is O=C(NC1CCC(Oc2ccccn2)CC1)c1cc2ccccc2[nH]1. The number of ether oxygens (including phenoxy) is 1. The zero-order valence-corrected chi connectivity index (χ0v) is 13.9. The van der Waals surface area contributed by atoms with Gasteiger partial charge in [-0.15, -0.1) is 0 Å². The first kappa shape index (κ1) is 15.7. The zero-order chi connectivity index (χ0) is 17.1. The third-order valence-corrected chi connectivity index (χ3v) is 4.71. The summed E-state index contributed by atoms with van der Waals surface area (Å²) < 4.78 is 5.90. The molecule has 1 aliphatic rings. The van der Waals surface area contributed by atoms with Crippen LogP contribution in [0.5, 0.6) is 5.88 Å². The number of nitrogens with one attached hydrogen (secondary N) is 2. The molecular weight excluding hydrogens is 314 g/mol. The number of aromatic amines is 1. The molecule has 1 saturated carbocycles. The molecule has 1 aromatic carbocycles. The lowest BCUT2D eigenvalue weighted by Gasteiger charge is -2.29. The van der Waals surface area contributed by atoms with E-state index in [0.29, 0.717) is 11.6 Å². The van der Waals surface area contributed by atoms with Gasteiger partial charge in [0.2, 0.25) is 5.88 Å². The minimum absolute atomic E-state index is 0.0368. The van der Waals surface area contributed by atoms with Crippen molar-refractivity contribution in [3.05, 3.63) is 60.4 Å². The van der Waals surface area contributed by atoms with E-state index < -0.39 is 0 Å². The third-order valence-electron chi connectivity index (χ3n) is 4.71. The van der Waals surface area contributed by atoms with Gasteiger partial charge in [-0.25, -0.2) is 4.98 Å². The molecule has 0 saturated heterocycles. The van der Waals surface area contributed by atoms with Crippen LogP contribution in [-0.2, 0) is 0 Å². The molecule has 0 atom stereocenters. The molecule has 25 heavy (non-hydrogen) atoms. The Balaban J connectivity index is 1.31. The lowest BCUT2D eigenvalue weighted by molar-refractivity contribution is 0.0886. The Morgan fingerprint density at radius 2 is 1.88 bits per heavy atom. The Hall–Kier alpha value is -2.82. The van der Waals surface area contributed by atoms with Crippen LogP contribution >= 0.6 is 0 Å². The van der Waals surface area contributed by atoms with Crippen LogP contribution in [0.3, 0.4) is 0 Å². The number of fused-ring (bicyclic) bond motifs is 1. The number of aromatic nitrogens is 2. The molecule has 0 unspecified atom stereocenters. The molecule has 3 aromatic rings. The van der Waals surface area contributed by atoms with Gasteiger partial charge in [-0.3, -0.25) is 4.79 Å². The van der Waals surface area contributed by atoms with E-state index >= 15 is 0 Å². The van der Waals surface area contributed by atoms with Gasteiger partial charge in [0.15, 0.2) is 0 Å². The molecular formula is C20H21N3O2. The van der Waals surface area contributed by atoms with E-state index in [0.717, 1.165) is 36.6 Å². The summed E-state index contributed by atoms with van der Waals surface area (Å²) in [7, 11) is 0. The van der Waals surface area contributed by atoms with Gasteiger partial charge in [-0.05, 0) is 43.9 Å². The molecule has 0 radical (unpaired) electrons. The fraction of sp³-hybridized carbons (Fsp3) is 0.300. The first-order valence-corrected chi connectivity index (χ1v) is 8.74. The van der Waals surface area contributed by atoms with E-state index in [9.17, 15) is 4.79 Å². The molecule has 2 heterocycles. The maximum Gasteiger partial charge on any atom is 0.267 e. The third kappa shape index (κ3) is 3.65. The van der Waals surface area contributed by atoms with Crippen molar-refractivity contribution in [1.82, 2.24) is 15.3 Å². The van der Waals surface area contributed by atoms with Crippen LogP contribution in [0.25, 0.3) is 10.9 Å². The summed E-state index contributed by atoms with van der Waals surface area (Å²) in [5, 5.41) is 4.19. The van der Waals surface area contributed by atoms with E-state index in [-0.39, 0.29) is 18.1 Å². The number of pyridine rings is 1. The number of hydrogen-bond acceptors (Lipinski definition) is 3. The van der Waals surface area contributed by atoms with Crippen molar-refractivity contribution < 1.29 is 9.53 Å². The van der Waals surface area contributed by atoms with E-state index in [1.54, 1.807) is 6.20 Å². The molecule has 2 N–H and O–H groups in total. The van der Waals surface area contributed by atoms with Gasteiger partial charge in [-0.2, -0.15) is 0 Å². The van der Waals surface area contributed by atoms with Crippen molar-refractivity contribution in [3.8, 4) is 5.88 Å². The Bertz CT molecular complexity index is 819. The van der Waals surface area contributed by atoms with Crippen LogP contribution in [0, 0.1) is 0 Å². The maximum atomic E-state index is 12.5. The summed E-state index contributed by atoms with van der Waals surface area (Å²) in [6.07, 6.45) is 5.60. The zero-order valence-electron chi connectivity index (χ0n) is 13.9. The van der Waals surface area contributed by atoms with Crippen molar-refractivity contribution >= 4 is 16.8 Å². The van der Waals surface area contributed by atoms with E-state index in [1.807, 2.05) is 48.5 Å². The van der Waals surface area contributed by atoms with E-state index in [4.69, 9.17) is 4.74 Å². The average Bonchev–Trinajstić information content (AvgIpc) is 3.09. The maximum absolute atomic E-state index is 12.5. The topological polar surface area (TPSA) is 67.0 Å². The largest absolute Gasteiger partial charge is 0.474 e. The highest BCUT2D eigenvalue weighted by Crippen LogP contribution is 2.23. The Kier molecular flexibility index (Phi) is 4.37. The van der Waals surface area contributed by atoms with Crippen LogP contribution in [0.4, 0.5) is 0 Å². The van der Waals surface area contributed by atoms with Gasteiger partial charge in [-0.1, -0.05) is 24.3 Å². The summed E-state index contributed by atoms with van der Waals surface area (Å²) in [4.78, 5) is 19.9. The van der Waals surface area contributed by atoms with Crippen LogP contribution in [0.2, 0.25) is 0 Å². The monoisotopic (exact) mass is 335 g/mol. The number of carbonyl (C=O) groups is 1. The van der Waals surface area contributed by atoms with Gasteiger partial charge in [0.1, 0.15) is 11.8 Å². The Labute approximate surface area is 146 Å². The second-order valence-electron chi connectivity index (χ2n) is 6.50. The first-order valence-electron chi connectivity index (χ1n) is 8.74. The number of H-pyrrole nitrogens is 1. The highest BCUT2D eigenvalue weighted by Gasteiger charge is 2.24. The first-order chi connectivity index (χ1) is 12.3. The lowest BCUT2D eigenvalue weighted by Crippen LogP contribution is -2.39. The van der Waals surface area contributed by atoms with Crippen LogP contribution < -0.4 is 10.1 Å². The molecule has 0 aliphatic heterocycles. The molecule has 0 spiro atoms. The van der Waals surface area contributed by atoms with Crippen molar-refractivity contribution in [2.24, 2.45) is 0 Å². The van der Waals surface area contributed by atoms with Gasteiger partial charge in [0.05, 0.1) is 0 Å². The highest BCUT2D eigenvalue weighted by molar-refractivity contribution is 5.98. The van der Waals surface area contributed by atoms with E-state index in [1.165, 1.54) is 0 Å². The number of benzene rings is 1. The number of para-hydroxylation sites is 1. The minimum Gasteiger partial charge on any atom is -0.474 e. The van der Waals surface area contributed by atoms with Crippen LogP contribution in [-0.4, -0.2) is 28.0 Å². The fourth-order valence-corrected chi connectivity index (χ4v) is 3.37.